The van der Waals surface area contributed by atoms with Gasteiger partial charge in [-0.1, -0.05) is 11.6 Å². The molecule has 4 heterocycles. The molecule has 3 amide bonds. The van der Waals surface area contributed by atoms with E-state index >= 15 is 0 Å². The number of nitrogens with one attached hydrogen (secondary N) is 3. The predicted molar refractivity (Wildman–Crippen MR) is 119 cm³/mol. The second kappa shape index (κ2) is 9.54. The summed E-state index contributed by atoms with van der Waals surface area (Å²) in [6.07, 6.45) is -0.985. The number of rotatable bonds is 5. The van der Waals surface area contributed by atoms with Gasteiger partial charge in [0.25, 0.3) is 11.8 Å². The summed E-state index contributed by atoms with van der Waals surface area (Å²) >= 11 is 6.48. The molecule has 15 heteroatoms. The van der Waals surface area contributed by atoms with Crippen LogP contribution in [0.5, 0.6) is 0 Å². The number of nitrogens with zero attached hydrogens (tertiary/aromatic N) is 4. The van der Waals surface area contributed by atoms with E-state index < -0.39 is 34.6 Å². The van der Waals surface area contributed by atoms with Gasteiger partial charge in [0.1, 0.15) is 33.5 Å². The monoisotopic (exact) mass is 525 g/mol. The van der Waals surface area contributed by atoms with E-state index in [9.17, 15) is 27.6 Å². The normalized spacial score (nSPS) is 14.0. The lowest BCUT2D eigenvalue weighted by molar-refractivity contribution is -0.137. The zero-order valence-electron chi connectivity index (χ0n) is 17.7. The van der Waals surface area contributed by atoms with Crippen LogP contribution in [0.15, 0.2) is 24.8 Å². The summed E-state index contributed by atoms with van der Waals surface area (Å²) in [5.74, 6) is -1.49. The Hall–Kier alpha value is -3.65. The molecule has 3 N–H and O–H groups in total. The molecule has 1 atom stereocenters. The number of halogens is 4. The molecule has 0 aliphatic carbocycles. The van der Waals surface area contributed by atoms with Crippen LogP contribution in [-0.4, -0.2) is 37.7 Å². The molecule has 0 unspecified atom stereocenters. The minimum atomic E-state index is -4.71. The number of hydrogen-bond acceptors (Lipinski definition) is 8. The van der Waals surface area contributed by atoms with E-state index in [4.69, 9.17) is 11.6 Å². The van der Waals surface area contributed by atoms with E-state index in [1.54, 1.807) is 6.92 Å². The number of thiazole rings is 1. The summed E-state index contributed by atoms with van der Waals surface area (Å²) in [6.45, 7) is 1.64. The van der Waals surface area contributed by atoms with Crippen LogP contribution < -0.4 is 16.0 Å². The first-order chi connectivity index (χ1) is 16.5. The number of fused-ring (bicyclic) bond motifs is 1. The topological polar surface area (TPSA) is 139 Å². The van der Waals surface area contributed by atoms with Crippen LogP contribution in [-0.2, 0) is 17.4 Å². The van der Waals surface area contributed by atoms with E-state index in [1.165, 1.54) is 12.5 Å². The van der Waals surface area contributed by atoms with Gasteiger partial charge in [-0.05, 0) is 19.4 Å². The third-order valence-electron chi connectivity index (χ3n) is 4.89. The Morgan fingerprint density at radius 3 is 2.66 bits per heavy atom. The van der Waals surface area contributed by atoms with Gasteiger partial charge in [-0.25, -0.2) is 19.9 Å². The quantitative estimate of drug-likeness (QED) is 0.462. The molecule has 3 aromatic heterocycles. The molecule has 0 fully saturated rings. The van der Waals surface area contributed by atoms with Crippen LogP contribution in [0.2, 0.25) is 5.02 Å². The highest BCUT2D eigenvalue weighted by Crippen LogP contribution is 2.35. The first-order valence-electron chi connectivity index (χ1n) is 9.97. The molecule has 0 radical (unpaired) electrons. The summed E-state index contributed by atoms with van der Waals surface area (Å²) in [6, 6.07) is 0.0129. The minimum absolute atomic E-state index is 0.0912. The molecule has 35 heavy (non-hydrogen) atoms. The highest BCUT2D eigenvalue weighted by atomic mass is 35.5. The summed E-state index contributed by atoms with van der Waals surface area (Å²) in [5.41, 5.74) is -0.493. The third kappa shape index (κ3) is 5.38. The Balaban J connectivity index is 1.44. The fourth-order valence-corrected chi connectivity index (χ4v) is 4.23. The number of aromatic nitrogens is 4. The first-order valence-corrected chi connectivity index (χ1v) is 11.2. The van der Waals surface area contributed by atoms with Crippen LogP contribution in [0.4, 0.5) is 24.8 Å². The Morgan fingerprint density at radius 1 is 1.14 bits per heavy atom. The molecule has 0 saturated carbocycles. The smallest absolute Gasteiger partial charge is 0.342 e. The van der Waals surface area contributed by atoms with Crippen LogP contribution >= 0.6 is 22.9 Å². The van der Waals surface area contributed by atoms with Crippen molar-refractivity contribution < 1.29 is 27.6 Å². The largest absolute Gasteiger partial charge is 0.418 e. The number of carbonyl (C=O) groups is 3. The maximum Gasteiger partial charge on any atom is 0.418 e. The molecule has 0 spiro atoms. The minimum Gasteiger partial charge on any atom is -0.342 e. The molecule has 1 aliphatic heterocycles. The van der Waals surface area contributed by atoms with Gasteiger partial charge in [0.15, 0.2) is 0 Å². The summed E-state index contributed by atoms with van der Waals surface area (Å²) in [4.78, 5) is 52.7. The molecule has 0 aromatic carbocycles. The number of alkyl halides is 3. The Morgan fingerprint density at radius 2 is 1.91 bits per heavy atom. The molecule has 0 bridgehead atoms. The standard InChI is InChI=1S/C20H15ClF3N7O3S/c1-8(29-18(34)15-9-2-3-14(32)31-16(9)28-7-27-15)19-26-6-12(35-19)17(33)30-13-4-10(20(22,23)24)11(21)5-25-13/h4-8H,2-3H2,1H3,(H,29,34)(H,25,30,33)(H,27,28,31,32)/t8-/m1/s1. The third-order valence-corrected chi connectivity index (χ3v) is 6.37. The van der Waals surface area contributed by atoms with Gasteiger partial charge in [-0.15, -0.1) is 11.3 Å². The van der Waals surface area contributed by atoms with Crippen LogP contribution in [0.1, 0.15) is 55.7 Å². The molecular weight excluding hydrogens is 511 g/mol. The zero-order valence-corrected chi connectivity index (χ0v) is 19.3. The van der Waals surface area contributed by atoms with Crippen molar-refractivity contribution >= 4 is 52.3 Å². The molecule has 182 valence electrons. The average molecular weight is 526 g/mol. The van der Waals surface area contributed by atoms with E-state index in [0.29, 0.717) is 23.1 Å². The lowest BCUT2D eigenvalue weighted by Gasteiger charge is -2.18. The second-order valence-electron chi connectivity index (χ2n) is 7.36. The van der Waals surface area contributed by atoms with Gasteiger partial charge >= 0.3 is 6.18 Å². The lowest BCUT2D eigenvalue weighted by Crippen LogP contribution is -2.30. The molecule has 10 nitrogen and oxygen atoms in total. The first kappa shape index (κ1) is 24.5. The second-order valence-corrected chi connectivity index (χ2v) is 8.83. The van der Waals surface area contributed by atoms with E-state index in [0.717, 1.165) is 17.5 Å². The highest BCUT2D eigenvalue weighted by molar-refractivity contribution is 7.13. The van der Waals surface area contributed by atoms with Crippen molar-refractivity contribution in [1.29, 1.82) is 0 Å². The Bertz CT molecular complexity index is 1330. The van der Waals surface area contributed by atoms with Gasteiger partial charge in [-0.3, -0.25) is 14.4 Å². The van der Waals surface area contributed by atoms with Crippen molar-refractivity contribution in [3.63, 3.8) is 0 Å². The van der Waals surface area contributed by atoms with Crippen molar-refractivity contribution in [2.75, 3.05) is 10.6 Å². The van der Waals surface area contributed by atoms with Gasteiger partial charge in [0.2, 0.25) is 5.91 Å². The molecule has 1 aliphatic rings. The van der Waals surface area contributed by atoms with Crippen molar-refractivity contribution in [2.45, 2.75) is 32.0 Å². The maximum absolute atomic E-state index is 13.0. The zero-order chi connectivity index (χ0) is 25.3. The van der Waals surface area contributed by atoms with Crippen molar-refractivity contribution in [3.8, 4) is 0 Å². The number of carbonyl (C=O) groups excluding carboxylic acids is 3. The number of amides is 3. The van der Waals surface area contributed by atoms with E-state index in [-0.39, 0.29) is 34.5 Å². The van der Waals surface area contributed by atoms with Crippen LogP contribution in [0, 0.1) is 0 Å². The fourth-order valence-electron chi connectivity index (χ4n) is 3.21. The summed E-state index contributed by atoms with van der Waals surface area (Å²) in [7, 11) is 0. The average Bonchev–Trinajstić information content (AvgIpc) is 3.29. The predicted octanol–water partition coefficient (Wildman–Crippen LogP) is 3.63. The van der Waals surface area contributed by atoms with Crippen molar-refractivity contribution in [1.82, 2.24) is 25.3 Å². The summed E-state index contributed by atoms with van der Waals surface area (Å²) in [5, 5.41) is 7.38. The van der Waals surface area contributed by atoms with E-state index in [2.05, 4.69) is 35.9 Å². The molecular formula is C20H15ClF3N7O3S. The number of anilines is 2. The highest BCUT2D eigenvalue weighted by Gasteiger charge is 2.34. The van der Waals surface area contributed by atoms with E-state index in [1.807, 2.05) is 0 Å². The fraction of sp³-hybridized carbons (Fsp3) is 0.250. The molecule has 3 aromatic rings. The van der Waals surface area contributed by atoms with Gasteiger partial charge in [-0.2, -0.15) is 13.2 Å². The van der Waals surface area contributed by atoms with Crippen LogP contribution in [0.3, 0.4) is 0 Å². The van der Waals surface area contributed by atoms with Crippen molar-refractivity contribution in [3.05, 3.63) is 56.5 Å². The Kier molecular flexibility index (Phi) is 6.67. The van der Waals surface area contributed by atoms with Gasteiger partial charge in [0, 0.05) is 18.2 Å². The molecule has 0 saturated heterocycles. The SMILES string of the molecule is C[C@@H](NC(=O)c1ncnc2c1CCC(=O)N2)c1ncc(C(=O)Nc2cc(C(F)(F)F)c(Cl)cn2)s1. The van der Waals surface area contributed by atoms with Crippen molar-refractivity contribution in [2.24, 2.45) is 0 Å². The summed E-state index contributed by atoms with van der Waals surface area (Å²) < 4.78 is 39.1. The molecule has 4 rings (SSSR count). The maximum atomic E-state index is 13.0. The number of pyridine rings is 1. The van der Waals surface area contributed by atoms with Gasteiger partial charge < -0.3 is 16.0 Å². The Labute approximate surface area is 204 Å². The lowest BCUT2D eigenvalue weighted by atomic mass is 10.0. The number of hydrogen-bond donors (Lipinski definition) is 3. The van der Waals surface area contributed by atoms with Crippen LogP contribution in [0.25, 0.3) is 0 Å². The van der Waals surface area contributed by atoms with Gasteiger partial charge in [0.05, 0.1) is 22.8 Å².